The maximum Gasteiger partial charge on any atom is 0.436 e. The van der Waals surface area contributed by atoms with E-state index in [1.54, 1.807) is 13.8 Å². The second kappa shape index (κ2) is 3.92. The van der Waals surface area contributed by atoms with Gasteiger partial charge in [-0.25, -0.2) is 0 Å². The van der Waals surface area contributed by atoms with Gasteiger partial charge in [0.15, 0.2) is 5.69 Å². The Labute approximate surface area is 83.5 Å². The fraction of sp³-hybridized carbons (Fsp3) is 0.500. The van der Waals surface area contributed by atoms with Gasteiger partial charge < -0.3 is 4.42 Å². The lowest BCUT2D eigenvalue weighted by atomic mass is 10.2. The van der Waals surface area contributed by atoms with Gasteiger partial charge in [-0.3, -0.25) is 10.1 Å². The second-order valence-corrected chi connectivity index (χ2v) is 3.18. The molecule has 15 heavy (non-hydrogen) atoms. The molecule has 0 bridgehead atoms. The summed E-state index contributed by atoms with van der Waals surface area (Å²) >= 11 is 0. The fourth-order valence-corrected chi connectivity index (χ4v) is 0.711. The van der Waals surface area contributed by atoms with Crippen molar-refractivity contribution >= 4 is 11.9 Å². The summed E-state index contributed by atoms with van der Waals surface area (Å²) in [5.74, 6) is -0.809. The maximum atomic E-state index is 12.1. The highest BCUT2D eigenvalue weighted by atomic mass is 19.4. The zero-order valence-electron chi connectivity index (χ0n) is 8.05. The predicted molar refractivity (Wildman–Crippen MR) is 45.0 cm³/mol. The molecule has 0 unspecified atom stereocenters. The standard InChI is InChI=1S/C8H9F3N2O2/c1-4(2)6(14)13-7-12-5(3-15-7)8(9,10)11/h3-4H,1-2H3,(H,12,13,14). The largest absolute Gasteiger partial charge is 0.436 e. The molecule has 0 radical (unpaired) electrons. The summed E-state index contributed by atoms with van der Waals surface area (Å²) < 4.78 is 40.6. The van der Waals surface area contributed by atoms with Crippen molar-refractivity contribution in [3.05, 3.63) is 12.0 Å². The summed E-state index contributed by atoms with van der Waals surface area (Å²) in [6, 6.07) is -0.443. The van der Waals surface area contributed by atoms with Gasteiger partial charge in [0.2, 0.25) is 5.91 Å². The molecule has 1 aromatic rings. The topological polar surface area (TPSA) is 55.1 Å². The van der Waals surface area contributed by atoms with Crippen molar-refractivity contribution in [1.82, 2.24) is 4.98 Å². The molecule has 1 rings (SSSR count). The second-order valence-electron chi connectivity index (χ2n) is 3.18. The normalized spacial score (nSPS) is 11.9. The van der Waals surface area contributed by atoms with Crippen molar-refractivity contribution in [3.63, 3.8) is 0 Å². The van der Waals surface area contributed by atoms with Crippen LogP contribution in [0, 0.1) is 5.92 Å². The molecule has 0 aliphatic rings. The number of halogens is 3. The molecule has 0 aliphatic heterocycles. The smallest absolute Gasteiger partial charge is 0.431 e. The third-order valence-corrected chi connectivity index (χ3v) is 1.55. The molecule has 4 nitrogen and oxygen atoms in total. The molecule has 0 aliphatic carbocycles. The van der Waals surface area contributed by atoms with Crippen LogP contribution in [0.1, 0.15) is 19.5 Å². The maximum absolute atomic E-state index is 12.1. The summed E-state index contributed by atoms with van der Waals surface area (Å²) in [6.45, 7) is 3.20. The first-order chi connectivity index (χ1) is 6.80. The van der Waals surface area contributed by atoms with Crippen molar-refractivity contribution in [2.45, 2.75) is 20.0 Å². The Bertz CT molecular complexity index is 357. The van der Waals surface area contributed by atoms with Gasteiger partial charge in [0, 0.05) is 5.92 Å². The van der Waals surface area contributed by atoms with Crippen molar-refractivity contribution < 1.29 is 22.4 Å². The van der Waals surface area contributed by atoms with Crippen LogP contribution in [0.25, 0.3) is 0 Å². The average molecular weight is 222 g/mol. The van der Waals surface area contributed by atoms with E-state index < -0.39 is 23.8 Å². The van der Waals surface area contributed by atoms with Gasteiger partial charge in [0.05, 0.1) is 0 Å². The van der Waals surface area contributed by atoms with E-state index in [0.29, 0.717) is 6.26 Å². The van der Waals surface area contributed by atoms with Crippen LogP contribution >= 0.6 is 0 Å². The molecular formula is C8H9F3N2O2. The Morgan fingerprint density at radius 1 is 1.53 bits per heavy atom. The number of hydrogen-bond donors (Lipinski definition) is 1. The molecule has 0 aromatic carbocycles. The van der Waals surface area contributed by atoms with Gasteiger partial charge in [0.25, 0.3) is 0 Å². The van der Waals surface area contributed by atoms with Crippen molar-refractivity contribution in [3.8, 4) is 0 Å². The number of carbonyl (C=O) groups is 1. The number of amides is 1. The number of carbonyl (C=O) groups excluding carboxylic acids is 1. The number of anilines is 1. The Morgan fingerprint density at radius 3 is 2.53 bits per heavy atom. The van der Waals surface area contributed by atoms with E-state index in [1.165, 1.54) is 0 Å². The third-order valence-electron chi connectivity index (χ3n) is 1.55. The molecule has 0 spiro atoms. The lowest BCUT2D eigenvalue weighted by molar-refractivity contribution is -0.141. The lowest BCUT2D eigenvalue weighted by Gasteiger charge is -2.02. The summed E-state index contributed by atoms with van der Waals surface area (Å²) in [6.07, 6.45) is -4.11. The fourth-order valence-electron chi connectivity index (χ4n) is 0.711. The molecule has 1 heterocycles. The van der Waals surface area contributed by atoms with E-state index in [9.17, 15) is 18.0 Å². The number of alkyl halides is 3. The van der Waals surface area contributed by atoms with Crippen LogP contribution in [0.2, 0.25) is 0 Å². The number of rotatable bonds is 2. The molecule has 0 atom stereocenters. The SMILES string of the molecule is CC(C)C(=O)Nc1nc(C(F)(F)F)co1. The summed E-state index contributed by atoms with van der Waals surface area (Å²) in [5, 5.41) is 2.12. The predicted octanol–water partition coefficient (Wildman–Crippen LogP) is 2.29. The molecule has 0 fully saturated rings. The minimum absolute atomic E-state index is 0.355. The van der Waals surface area contributed by atoms with E-state index in [-0.39, 0.29) is 5.92 Å². The van der Waals surface area contributed by atoms with Gasteiger partial charge in [-0.2, -0.15) is 18.2 Å². The van der Waals surface area contributed by atoms with E-state index in [2.05, 4.69) is 14.7 Å². The Balaban J connectivity index is 2.73. The zero-order valence-corrected chi connectivity index (χ0v) is 8.05. The Morgan fingerprint density at radius 2 is 2.13 bits per heavy atom. The number of nitrogens with one attached hydrogen (secondary N) is 1. The van der Waals surface area contributed by atoms with Crippen LogP contribution in [-0.4, -0.2) is 10.9 Å². The minimum Gasteiger partial charge on any atom is -0.431 e. The lowest BCUT2D eigenvalue weighted by Crippen LogP contribution is -2.18. The van der Waals surface area contributed by atoms with Crippen LogP contribution < -0.4 is 5.32 Å². The van der Waals surface area contributed by atoms with Crippen molar-refractivity contribution in [1.29, 1.82) is 0 Å². The third kappa shape index (κ3) is 2.97. The first-order valence-electron chi connectivity index (χ1n) is 4.14. The average Bonchev–Trinajstić information content (AvgIpc) is 2.51. The Kier molecular flexibility index (Phi) is 3.01. The molecular weight excluding hydrogens is 213 g/mol. The molecule has 1 amide bonds. The summed E-state index contributed by atoms with van der Waals surface area (Å²) in [5.41, 5.74) is -1.17. The molecule has 1 N–H and O–H groups in total. The van der Waals surface area contributed by atoms with E-state index in [0.717, 1.165) is 0 Å². The minimum atomic E-state index is -4.57. The quantitative estimate of drug-likeness (QED) is 0.835. The van der Waals surface area contributed by atoms with Gasteiger partial charge in [0.1, 0.15) is 6.26 Å². The van der Waals surface area contributed by atoms with Crippen LogP contribution in [0.4, 0.5) is 19.2 Å². The molecule has 0 saturated heterocycles. The van der Waals surface area contributed by atoms with Gasteiger partial charge in [-0.05, 0) is 0 Å². The molecule has 84 valence electrons. The summed E-state index contributed by atoms with van der Waals surface area (Å²) in [7, 11) is 0. The van der Waals surface area contributed by atoms with Gasteiger partial charge in [-0.1, -0.05) is 13.8 Å². The summed E-state index contributed by atoms with van der Waals surface area (Å²) in [4.78, 5) is 14.2. The van der Waals surface area contributed by atoms with Crippen molar-refractivity contribution in [2.75, 3.05) is 5.32 Å². The van der Waals surface area contributed by atoms with E-state index in [4.69, 9.17) is 0 Å². The van der Waals surface area contributed by atoms with Crippen LogP contribution in [-0.2, 0) is 11.0 Å². The van der Waals surface area contributed by atoms with Gasteiger partial charge in [-0.15, -0.1) is 0 Å². The number of aromatic nitrogens is 1. The highest BCUT2D eigenvalue weighted by Crippen LogP contribution is 2.29. The van der Waals surface area contributed by atoms with Crippen molar-refractivity contribution in [2.24, 2.45) is 5.92 Å². The molecule has 1 aromatic heterocycles. The number of hydrogen-bond acceptors (Lipinski definition) is 3. The van der Waals surface area contributed by atoms with E-state index >= 15 is 0 Å². The first kappa shape index (κ1) is 11.5. The monoisotopic (exact) mass is 222 g/mol. The van der Waals surface area contributed by atoms with E-state index in [1.807, 2.05) is 0 Å². The first-order valence-corrected chi connectivity index (χ1v) is 4.14. The Hall–Kier alpha value is -1.53. The molecule has 7 heteroatoms. The molecule has 0 saturated carbocycles. The van der Waals surface area contributed by atoms with Crippen LogP contribution in [0.15, 0.2) is 10.7 Å². The zero-order chi connectivity index (χ0) is 11.6. The van der Waals surface area contributed by atoms with Crippen LogP contribution in [0.5, 0.6) is 0 Å². The van der Waals surface area contributed by atoms with Crippen LogP contribution in [0.3, 0.4) is 0 Å². The number of nitrogens with zero attached hydrogens (tertiary/aromatic N) is 1. The van der Waals surface area contributed by atoms with Gasteiger partial charge >= 0.3 is 12.2 Å². The highest BCUT2D eigenvalue weighted by molar-refractivity contribution is 5.90. The number of oxazole rings is 1. The highest BCUT2D eigenvalue weighted by Gasteiger charge is 2.35.